The molecule has 0 spiro atoms. The molecule has 2 rings (SSSR count). The highest BCUT2D eigenvalue weighted by molar-refractivity contribution is 6.08. The molecule has 0 aromatic heterocycles. The van der Waals surface area contributed by atoms with Crippen LogP contribution in [0.3, 0.4) is 0 Å². The van der Waals surface area contributed by atoms with Gasteiger partial charge >= 0.3 is 0 Å². The number of benzene rings is 1. The number of hydrogen-bond donors (Lipinski definition) is 1. The number of carbonyl (C=O) groups is 2. The maximum absolute atomic E-state index is 12.5. The fourth-order valence-electron chi connectivity index (χ4n) is 2.44. The molecule has 0 aliphatic carbocycles. The summed E-state index contributed by atoms with van der Waals surface area (Å²) in [7, 11) is 0. The van der Waals surface area contributed by atoms with E-state index in [2.05, 4.69) is 5.32 Å². The van der Waals surface area contributed by atoms with Crippen LogP contribution >= 0.6 is 0 Å². The van der Waals surface area contributed by atoms with Gasteiger partial charge in [0.15, 0.2) is 0 Å². The predicted molar refractivity (Wildman–Crippen MR) is 76.8 cm³/mol. The molecule has 1 aliphatic heterocycles. The highest BCUT2D eigenvalue weighted by Crippen LogP contribution is 2.32. The molecule has 1 N–H and O–H groups in total. The van der Waals surface area contributed by atoms with Gasteiger partial charge in [-0.05, 0) is 32.4 Å². The number of amides is 2. The monoisotopic (exact) mass is 276 g/mol. The molecular weight excluding hydrogens is 256 g/mol. The summed E-state index contributed by atoms with van der Waals surface area (Å²) < 4.78 is 5.58. The van der Waals surface area contributed by atoms with Crippen LogP contribution in [0, 0.1) is 0 Å². The van der Waals surface area contributed by atoms with E-state index in [1.165, 1.54) is 0 Å². The Morgan fingerprint density at radius 3 is 2.60 bits per heavy atom. The molecule has 0 radical (unpaired) electrons. The number of hydrogen-bond acceptors (Lipinski definition) is 3. The Bertz CT molecular complexity index is 516. The van der Waals surface area contributed by atoms with Crippen LogP contribution in [-0.2, 0) is 9.59 Å². The maximum Gasteiger partial charge on any atom is 0.250 e. The molecule has 0 saturated carbocycles. The van der Waals surface area contributed by atoms with Gasteiger partial charge < -0.3 is 10.1 Å². The third-order valence-electron chi connectivity index (χ3n) is 3.39. The molecule has 1 fully saturated rings. The molecule has 5 nitrogen and oxygen atoms in total. The lowest BCUT2D eigenvalue weighted by molar-refractivity contribution is -0.133. The lowest BCUT2D eigenvalue weighted by Crippen LogP contribution is -2.62. The van der Waals surface area contributed by atoms with Crippen molar-refractivity contribution in [2.24, 2.45) is 0 Å². The lowest BCUT2D eigenvalue weighted by Gasteiger charge is -2.38. The summed E-state index contributed by atoms with van der Waals surface area (Å²) in [6.45, 7) is 5.99. The summed E-state index contributed by atoms with van der Waals surface area (Å²) in [5, 5.41) is 2.71. The zero-order valence-electron chi connectivity index (χ0n) is 12.1. The highest BCUT2D eigenvalue weighted by Gasteiger charge is 2.39. The van der Waals surface area contributed by atoms with Crippen LogP contribution in [0.5, 0.6) is 5.75 Å². The first-order valence-electron chi connectivity index (χ1n) is 6.95. The number of nitrogens with one attached hydrogen (secondary N) is 1. The Morgan fingerprint density at radius 2 is 1.95 bits per heavy atom. The molecule has 5 heteroatoms. The smallest absolute Gasteiger partial charge is 0.250 e. The largest absolute Gasteiger partial charge is 0.492 e. The molecule has 1 aromatic carbocycles. The van der Waals surface area contributed by atoms with E-state index in [1.807, 2.05) is 38.1 Å². The van der Waals surface area contributed by atoms with Gasteiger partial charge in [0, 0.05) is 0 Å². The van der Waals surface area contributed by atoms with Crippen LogP contribution in [0.15, 0.2) is 24.3 Å². The summed E-state index contributed by atoms with van der Waals surface area (Å²) in [5.41, 5.74) is 0.660. The minimum Gasteiger partial charge on any atom is -0.492 e. The van der Waals surface area contributed by atoms with E-state index in [0.29, 0.717) is 24.5 Å². The topological polar surface area (TPSA) is 58.6 Å². The Balaban J connectivity index is 2.46. The number of ether oxygens (including phenoxy) is 1. The Morgan fingerprint density at radius 1 is 1.25 bits per heavy atom. The normalized spacial score (nSPS) is 22.6. The van der Waals surface area contributed by atoms with Gasteiger partial charge in [-0.25, -0.2) is 0 Å². The molecule has 1 heterocycles. The lowest BCUT2D eigenvalue weighted by atomic mass is 10.0. The standard InChI is InChI=1S/C15H20N2O3/c1-4-11-14(18)16-10(3)15(19)17(11)12-8-6-7-9-13(12)20-5-2/h6-11H,4-5H2,1-3H3,(H,16,18). The van der Waals surface area contributed by atoms with Crippen molar-refractivity contribution in [3.05, 3.63) is 24.3 Å². The van der Waals surface area contributed by atoms with E-state index in [4.69, 9.17) is 4.74 Å². The molecule has 20 heavy (non-hydrogen) atoms. The van der Waals surface area contributed by atoms with Gasteiger partial charge in [-0.2, -0.15) is 0 Å². The zero-order chi connectivity index (χ0) is 14.7. The fourth-order valence-corrected chi connectivity index (χ4v) is 2.44. The minimum absolute atomic E-state index is 0.108. The second kappa shape index (κ2) is 5.94. The van der Waals surface area contributed by atoms with Crippen LogP contribution in [0.2, 0.25) is 0 Å². The van der Waals surface area contributed by atoms with E-state index >= 15 is 0 Å². The number of para-hydroxylation sites is 2. The molecular formula is C15H20N2O3. The van der Waals surface area contributed by atoms with Gasteiger partial charge in [0.1, 0.15) is 17.8 Å². The van der Waals surface area contributed by atoms with Gasteiger partial charge in [-0.15, -0.1) is 0 Å². The SMILES string of the molecule is CCOc1ccccc1N1C(=O)C(C)NC(=O)C1CC. The van der Waals surface area contributed by atoms with E-state index in [9.17, 15) is 9.59 Å². The third-order valence-corrected chi connectivity index (χ3v) is 3.39. The van der Waals surface area contributed by atoms with E-state index in [1.54, 1.807) is 11.8 Å². The van der Waals surface area contributed by atoms with Crippen molar-refractivity contribution in [3.63, 3.8) is 0 Å². The molecule has 108 valence electrons. The number of nitrogens with zero attached hydrogens (tertiary/aromatic N) is 1. The number of piperazine rings is 1. The van der Waals surface area contributed by atoms with Crippen molar-refractivity contribution in [2.75, 3.05) is 11.5 Å². The first-order chi connectivity index (χ1) is 9.60. The molecule has 2 atom stereocenters. The van der Waals surface area contributed by atoms with Gasteiger partial charge in [-0.1, -0.05) is 19.1 Å². The number of anilines is 1. The maximum atomic E-state index is 12.5. The minimum atomic E-state index is -0.514. The third kappa shape index (κ3) is 2.48. The molecule has 2 amide bonds. The quantitative estimate of drug-likeness (QED) is 0.911. The van der Waals surface area contributed by atoms with Crippen LogP contribution in [0.1, 0.15) is 27.2 Å². The van der Waals surface area contributed by atoms with Gasteiger partial charge in [0.25, 0.3) is 0 Å². The summed E-state index contributed by atoms with van der Waals surface area (Å²) in [6, 6.07) is 6.33. The molecule has 1 aromatic rings. The zero-order valence-corrected chi connectivity index (χ0v) is 12.1. The Kier molecular flexibility index (Phi) is 4.27. The van der Waals surface area contributed by atoms with Crippen LogP contribution in [-0.4, -0.2) is 30.5 Å². The highest BCUT2D eigenvalue weighted by atomic mass is 16.5. The van der Waals surface area contributed by atoms with Crippen molar-refractivity contribution >= 4 is 17.5 Å². The molecule has 1 saturated heterocycles. The molecule has 2 unspecified atom stereocenters. The van der Waals surface area contributed by atoms with Crippen molar-refractivity contribution in [1.82, 2.24) is 5.32 Å². The fraction of sp³-hybridized carbons (Fsp3) is 0.467. The van der Waals surface area contributed by atoms with Crippen molar-refractivity contribution < 1.29 is 14.3 Å². The van der Waals surface area contributed by atoms with Gasteiger partial charge in [0.05, 0.1) is 12.3 Å². The van der Waals surface area contributed by atoms with E-state index in [0.717, 1.165) is 0 Å². The van der Waals surface area contributed by atoms with Crippen molar-refractivity contribution in [2.45, 2.75) is 39.3 Å². The van der Waals surface area contributed by atoms with Crippen molar-refractivity contribution in [3.8, 4) is 5.75 Å². The van der Waals surface area contributed by atoms with E-state index < -0.39 is 12.1 Å². The van der Waals surface area contributed by atoms with Crippen LogP contribution < -0.4 is 15.0 Å². The summed E-state index contributed by atoms with van der Waals surface area (Å²) in [5.74, 6) is 0.401. The van der Waals surface area contributed by atoms with Gasteiger partial charge in [-0.3, -0.25) is 14.5 Å². The Labute approximate surface area is 118 Å². The van der Waals surface area contributed by atoms with Crippen molar-refractivity contribution in [1.29, 1.82) is 0 Å². The van der Waals surface area contributed by atoms with E-state index in [-0.39, 0.29) is 11.8 Å². The first kappa shape index (κ1) is 14.4. The summed E-state index contributed by atoms with van der Waals surface area (Å²) in [4.78, 5) is 26.1. The Hall–Kier alpha value is -2.04. The molecule has 0 bridgehead atoms. The second-order valence-corrected chi connectivity index (χ2v) is 4.76. The number of rotatable bonds is 4. The summed E-state index contributed by atoms with van der Waals surface area (Å²) in [6.07, 6.45) is 0.560. The second-order valence-electron chi connectivity index (χ2n) is 4.76. The number of carbonyl (C=O) groups excluding carboxylic acids is 2. The first-order valence-corrected chi connectivity index (χ1v) is 6.95. The van der Waals surface area contributed by atoms with Crippen LogP contribution in [0.4, 0.5) is 5.69 Å². The predicted octanol–water partition coefficient (Wildman–Crippen LogP) is 1.72. The average molecular weight is 276 g/mol. The molecule has 1 aliphatic rings. The van der Waals surface area contributed by atoms with Crippen LogP contribution in [0.25, 0.3) is 0 Å². The average Bonchev–Trinajstić information content (AvgIpc) is 2.44. The van der Waals surface area contributed by atoms with Gasteiger partial charge in [0.2, 0.25) is 11.8 Å². The summed E-state index contributed by atoms with van der Waals surface area (Å²) >= 11 is 0.